The zero-order valence-electron chi connectivity index (χ0n) is 12.0. The predicted octanol–water partition coefficient (Wildman–Crippen LogP) is -0.708. The molecular formula is C14H9ClO8S2. The summed E-state index contributed by atoms with van der Waals surface area (Å²) in [4.78, 5) is 21.2. The number of allylic oxidation sites excluding steroid dienone is 2. The molecule has 1 aromatic rings. The van der Waals surface area contributed by atoms with Gasteiger partial charge in [-0.2, -0.15) is 16.8 Å². The summed E-state index contributed by atoms with van der Waals surface area (Å²) < 4.78 is 64.2. The van der Waals surface area contributed by atoms with Crippen LogP contribution in [0.25, 0.3) is 23.1 Å². The van der Waals surface area contributed by atoms with E-state index in [9.17, 15) is 31.0 Å². The fourth-order valence-electron chi connectivity index (χ4n) is 2.50. The summed E-state index contributed by atoms with van der Waals surface area (Å²) in [5.74, 6) is -1.86. The molecule has 0 aromatic heterocycles. The molecule has 0 amide bonds. The molecule has 3 rings (SSSR count). The summed E-state index contributed by atoms with van der Waals surface area (Å²) >= 11 is 0. The van der Waals surface area contributed by atoms with Crippen molar-refractivity contribution in [1.82, 2.24) is 0 Å². The minimum atomic E-state index is -5.07. The third-order valence-electron chi connectivity index (χ3n) is 3.48. The van der Waals surface area contributed by atoms with Crippen molar-refractivity contribution >= 4 is 67.3 Å². The molecule has 132 valence electrons. The maximum atomic E-state index is 12.1. The smallest absolute Gasteiger partial charge is 0.290 e. The fourth-order valence-corrected chi connectivity index (χ4v) is 3.97. The summed E-state index contributed by atoms with van der Waals surface area (Å²) in [5, 5.41) is 0.150. The molecule has 0 atom stereocenters. The lowest BCUT2D eigenvalue weighted by atomic mass is 9.97. The van der Waals surface area contributed by atoms with Crippen molar-refractivity contribution in [3.8, 4) is 0 Å². The standard InChI is InChI=1S/C14H8O8S2.ClH/c15-10-2-1-7-5-11-9(3-8(7)4-10)6-12(23(17,18)19)13(16)14(11)24(20,21)22;/h1-6H,(H,17,18,19)(H,20,21,22);1H. The van der Waals surface area contributed by atoms with Crippen LogP contribution in [0.3, 0.4) is 0 Å². The number of halogens is 1. The van der Waals surface area contributed by atoms with E-state index >= 15 is 0 Å². The van der Waals surface area contributed by atoms with Crippen LogP contribution in [0.1, 0.15) is 11.1 Å². The van der Waals surface area contributed by atoms with E-state index in [4.69, 9.17) is 4.55 Å². The van der Waals surface area contributed by atoms with Crippen LogP contribution < -0.4 is 10.4 Å². The van der Waals surface area contributed by atoms with Gasteiger partial charge in [-0.15, -0.1) is 12.4 Å². The number of Topliss-reactive ketones (excluding diaryl/α,β-unsaturated/α-hetero) is 1. The lowest BCUT2D eigenvalue weighted by Gasteiger charge is -2.14. The molecule has 2 aliphatic rings. The Hall–Kier alpha value is -2.11. The van der Waals surface area contributed by atoms with Gasteiger partial charge < -0.3 is 0 Å². The number of fused-ring (bicyclic) bond motifs is 2. The third-order valence-corrected chi connectivity index (χ3v) is 5.26. The molecule has 1 aromatic carbocycles. The molecule has 0 radical (unpaired) electrons. The number of rotatable bonds is 2. The highest BCUT2D eigenvalue weighted by Crippen LogP contribution is 2.23. The van der Waals surface area contributed by atoms with E-state index in [1.165, 1.54) is 30.4 Å². The van der Waals surface area contributed by atoms with Crippen LogP contribution >= 0.6 is 12.4 Å². The van der Waals surface area contributed by atoms with Crippen LogP contribution in [0.5, 0.6) is 0 Å². The van der Waals surface area contributed by atoms with Crippen LogP contribution in [0.2, 0.25) is 0 Å². The minimum absolute atomic E-state index is 0. The highest BCUT2D eigenvalue weighted by molar-refractivity contribution is 7.97. The normalized spacial score (nSPS) is 16.4. The van der Waals surface area contributed by atoms with Gasteiger partial charge >= 0.3 is 0 Å². The summed E-state index contributed by atoms with van der Waals surface area (Å²) in [7, 11) is -10.1. The van der Waals surface area contributed by atoms with Crippen molar-refractivity contribution in [2.24, 2.45) is 0 Å². The Balaban J connectivity index is 0.00000225. The second-order valence-electron chi connectivity index (χ2n) is 5.07. The van der Waals surface area contributed by atoms with E-state index in [1.807, 2.05) is 0 Å². The predicted molar refractivity (Wildman–Crippen MR) is 90.9 cm³/mol. The topological polar surface area (TPSA) is 143 Å². The molecule has 8 nitrogen and oxygen atoms in total. The first-order chi connectivity index (χ1) is 11.0. The Kier molecular flexibility index (Phi) is 4.61. The van der Waals surface area contributed by atoms with Crippen molar-refractivity contribution < 1.29 is 35.5 Å². The van der Waals surface area contributed by atoms with Crippen molar-refractivity contribution in [3.63, 3.8) is 0 Å². The number of benzene rings is 1. The average molecular weight is 405 g/mol. The average Bonchev–Trinajstić information content (AvgIpc) is 2.42. The molecule has 25 heavy (non-hydrogen) atoms. The summed E-state index contributed by atoms with van der Waals surface area (Å²) in [6.07, 6.45) is 4.65. The van der Waals surface area contributed by atoms with Crippen molar-refractivity contribution in [2.45, 2.75) is 0 Å². The van der Waals surface area contributed by atoms with Gasteiger partial charge in [0.15, 0.2) is 10.7 Å². The monoisotopic (exact) mass is 404 g/mol. The molecular weight excluding hydrogens is 396 g/mol. The quantitative estimate of drug-likeness (QED) is 0.615. The van der Waals surface area contributed by atoms with Gasteiger partial charge in [0.2, 0.25) is 5.78 Å². The number of carbonyl (C=O) groups excluding carboxylic acids is 2. The van der Waals surface area contributed by atoms with E-state index in [2.05, 4.69) is 0 Å². The van der Waals surface area contributed by atoms with E-state index in [1.54, 1.807) is 0 Å². The van der Waals surface area contributed by atoms with Gasteiger partial charge in [0.05, 0.1) is 0 Å². The molecule has 0 spiro atoms. The first-order valence-corrected chi connectivity index (χ1v) is 9.20. The molecule has 11 heteroatoms. The minimum Gasteiger partial charge on any atom is -0.290 e. The third kappa shape index (κ3) is 3.34. The second-order valence-corrected chi connectivity index (χ2v) is 7.81. The maximum absolute atomic E-state index is 12.1. The zero-order valence-corrected chi connectivity index (χ0v) is 14.5. The lowest BCUT2D eigenvalue weighted by Crippen LogP contribution is -2.32. The maximum Gasteiger partial charge on any atom is 0.299 e. The van der Waals surface area contributed by atoms with Crippen LogP contribution in [0.15, 0.2) is 23.1 Å². The summed E-state index contributed by atoms with van der Waals surface area (Å²) in [6.45, 7) is 0. The van der Waals surface area contributed by atoms with Crippen LogP contribution in [0, 0.1) is 0 Å². The van der Waals surface area contributed by atoms with Crippen LogP contribution in [-0.2, 0) is 29.8 Å². The van der Waals surface area contributed by atoms with Gasteiger partial charge in [-0.05, 0) is 46.7 Å². The Morgan fingerprint density at radius 2 is 1.44 bits per heavy atom. The number of hydrogen-bond acceptors (Lipinski definition) is 6. The highest BCUT2D eigenvalue weighted by Gasteiger charge is 2.36. The number of ketones is 2. The Morgan fingerprint density at radius 3 is 2.00 bits per heavy atom. The van der Waals surface area contributed by atoms with Crippen LogP contribution in [0.4, 0.5) is 0 Å². The number of carbonyl (C=O) groups is 2. The van der Waals surface area contributed by atoms with E-state index in [0.717, 1.165) is 6.08 Å². The molecule has 0 saturated heterocycles. The van der Waals surface area contributed by atoms with E-state index in [0.29, 0.717) is 10.8 Å². The second kappa shape index (κ2) is 6.00. The van der Waals surface area contributed by atoms with Gasteiger partial charge in [0.1, 0.15) is 4.91 Å². The van der Waals surface area contributed by atoms with Crippen LogP contribution in [-0.4, -0.2) is 37.5 Å². The molecule has 2 aliphatic carbocycles. The molecule has 0 unspecified atom stereocenters. The Labute approximate surface area is 147 Å². The molecule has 0 aliphatic heterocycles. The summed E-state index contributed by atoms with van der Waals surface area (Å²) in [6, 6.07) is 2.53. The van der Waals surface area contributed by atoms with Gasteiger partial charge in [-0.1, -0.05) is 6.08 Å². The van der Waals surface area contributed by atoms with Crippen molar-refractivity contribution in [3.05, 3.63) is 44.7 Å². The Bertz CT molecular complexity index is 1220. The molecule has 0 saturated carbocycles. The van der Waals surface area contributed by atoms with E-state index < -0.39 is 35.8 Å². The van der Waals surface area contributed by atoms with Crippen molar-refractivity contribution in [2.75, 3.05) is 0 Å². The zero-order chi connectivity index (χ0) is 17.9. The first kappa shape index (κ1) is 19.2. The molecule has 0 bridgehead atoms. The molecule has 0 fully saturated rings. The summed E-state index contributed by atoms with van der Waals surface area (Å²) in [5.41, 5.74) is 0.360. The van der Waals surface area contributed by atoms with E-state index in [-0.39, 0.29) is 29.0 Å². The lowest BCUT2D eigenvalue weighted by molar-refractivity contribution is -0.110. The largest absolute Gasteiger partial charge is 0.299 e. The molecule has 0 heterocycles. The highest BCUT2D eigenvalue weighted by atomic mass is 35.5. The van der Waals surface area contributed by atoms with Crippen molar-refractivity contribution in [1.29, 1.82) is 0 Å². The van der Waals surface area contributed by atoms with Gasteiger partial charge in [-0.3, -0.25) is 18.7 Å². The SMILES string of the molecule is Cl.O=C1C=Cc2cc3c(cc2=C1)C=C(S(=O)(=O)O)C(=O)C=3S(=O)(=O)O. The van der Waals surface area contributed by atoms with Gasteiger partial charge in [-0.25, -0.2) is 0 Å². The number of hydrogen-bond donors (Lipinski definition) is 2. The first-order valence-electron chi connectivity index (χ1n) is 6.32. The fraction of sp³-hybridized carbons (Fsp3) is 0. The van der Waals surface area contributed by atoms with Gasteiger partial charge in [0.25, 0.3) is 20.2 Å². The van der Waals surface area contributed by atoms with Gasteiger partial charge in [0, 0.05) is 5.22 Å². The molecule has 2 N–H and O–H groups in total. The Morgan fingerprint density at radius 1 is 0.800 bits per heavy atom.